The maximum atomic E-state index is 13.5. The van der Waals surface area contributed by atoms with Crippen LogP contribution in [0, 0.1) is 6.92 Å². The first kappa shape index (κ1) is 30.7. The van der Waals surface area contributed by atoms with Crippen LogP contribution in [-0.4, -0.2) is 42.2 Å². The van der Waals surface area contributed by atoms with E-state index >= 15 is 0 Å². The Morgan fingerprint density at radius 3 is 2.58 bits per heavy atom. The standard InChI is InChI=1S/C36H36N2O6S/c1-21-18-28-26(11-13-30(40)38(28)20-23-8-7-9-25(19-23)45(6,41)42)33(31(21)35(22(2)39)44-36(3,4)5)27-10-12-29-32-24(15-17-43-29)14-16-37-34(27)32/h7-14,16,18-19,35H,15,17,20H2,1-6H3. The molecule has 6 rings (SSSR count). The Morgan fingerprint density at radius 2 is 1.87 bits per heavy atom. The number of ether oxygens (including phenoxy) is 2. The summed E-state index contributed by atoms with van der Waals surface area (Å²) in [7, 11) is -3.43. The van der Waals surface area contributed by atoms with E-state index in [1.807, 2.05) is 52.0 Å². The Balaban J connectivity index is 1.70. The lowest BCUT2D eigenvalue weighted by molar-refractivity contribution is -0.138. The summed E-state index contributed by atoms with van der Waals surface area (Å²) in [5.74, 6) is 0.622. The van der Waals surface area contributed by atoms with Crippen molar-refractivity contribution in [1.82, 2.24) is 9.55 Å². The van der Waals surface area contributed by atoms with Crippen molar-refractivity contribution in [2.45, 2.75) is 64.2 Å². The van der Waals surface area contributed by atoms with E-state index < -0.39 is 21.5 Å². The van der Waals surface area contributed by atoms with Crippen LogP contribution < -0.4 is 10.3 Å². The molecule has 0 saturated carbocycles. The molecule has 1 aliphatic rings. The van der Waals surface area contributed by atoms with Gasteiger partial charge in [0, 0.05) is 41.3 Å². The average molecular weight is 625 g/mol. The predicted octanol–water partition coefficient (Wildman–Crippen LogP) is 6.36. The normalized spacial score (nSPS) is 14.0. The monoisotopic (exact) mass is 624 g/mol. The first-order valence-corrected chi connectivity index (χ1v) is 16.8. The second-order valence-corrected chi connectivity index (χ2v) is 14.7. The van der Waals surface area contributed by atoms with Crippen molar-refractivity contribution in [2.75, 3.05) is 12.9 Å². The van der Waals surface area contributed by atoms with E-state index in [0.717, 1.165) is 57.0 Å². The maximum Gasteiger partial charge on any atom is 0.251 e. The fourth-order valence-electron chi connectivity index (χ4n) is 6.24. The quantitative estimate of drug-likeness (QED) is 0.208. The second kappa shape index (κ2) is 11.2. The Kier molecular flexibility index (Phi) is 7.65. The SMILES string of the molecule is CC(=O)C(OC(C)(C)C)c1c(C)cc2c(ccc(=O)n2Cc2cccc(S(C)(=O)=O)c2)c1-c1ccc2c3c(ccnc13)CCO2. The topological polar surface area (TPSA) is 105 Å². The molecule has 0 aliphatic carbocycles. The van der Waals surface area contributed by atoms with Crippen LogP contribution in [0.2, 0.25) is 0 Å². The molecule has 9 heteroatoms. The molecule has 0 radical (unpaired) electrons. The molecule has 2 aromatic heterocycles. The zero-order valence-corrected chi connectivity index (χ0v) is 27.1. The van der Waals surface area contributed by atoms with Gasteiger partial charge in [0.1, 0.15) is 11.9 Å². The number of ketones is 1. The van der Waals surface area contributed by atoms with E-state index in [4.69, 9.17) is 14.5 Å². The molecule has 1 atom stereocenters. The summed E-state index contributed by atoms with van der Waals surface area (Å²) in [6.07, 6.45) is 2.84. The number of sulfone groups is 1. The van der Waals surface area contributed by atoms with Gasteiger partial charge in [0.25, 0.3) is 5.56 Å². The van der Waals surface area contributed by atoms with E-state index in [2.05, 4.69) is 0 Å². The molecule has 1 unspecified atom stereocenters. The summed E-state index contributed by atoms with van der Waals surface area (Å²) >= 11 is 0. The Labute approximate surface area is 262 Å². The van der Waals surface area contributed by atoms with Crippen LogP contribution in [0.15, 0.2) is 76.6 Å². The third-order valence-electron chi connectivity index (χ3n) is 8.15. The van der Waals surface area contributed by atoms with Crippen LogP contribution in [0.4, 0.5) is 0 Å². The van der Waals surface area contributed by atoms with Gasteiger partial charge < -0.3 is 14.0 Å². The molecule has 232 valence electrons. The van der Waals surface area contributed by atoms with E-state index in [9.17, 15) is 18.0 Å². The minimum atomic E-state index is -3.43. The van der Waals surface area contributed by atoms with E-state index in [0.29, 0.717) is 23.3 Å². The predicted molar refractivity (Wildman–Crippen MR) is 176 cm³/mol. The molecular weight excluding hydrogens is 588 g/mol. The number of hydrogen-bond donors (Lipinski definition) is 0. The van der Waals surface area contributed by atoms with E-state index in [1.165, 1.54) is 13.0 Å². The molecule has 3 aromatic carbocycles. The summed E-state index contributed by atoms with van der Waals surface area (Å²) in [5.41, 5.74) is 5.41. The lowest BCUT2D eigenvalue weighted by Gasteiger charge is -2.30. The van der Waals surface area contributed by atoms with Gasteiger partial charge in [-0.2, -0.15) is 0 Å². The van der Waals surface area contributed by atoms with Crippen LogP contribution >= 0.6 is 0 Å². The number of nitrogens with zero attached hydrogens (tertiary/aromatic N) is 2. The van der Waals surface area contributed by atoms with Crippen molar-refractivity contribution >= 4 is 37.4 Å². The maximum absolute atomic E-state index is 13.5. The summed E-state index contributed by atoms with van der Waals surface area (Å²) in [6, 6.07) is 17.8. The number of carbonyl (C=O) groups is 1. The van der Waals surface area contributed by atoms with Gasteiger partial charge >= 0.3 is 0 Å². The molecule has 3 heterocycles. The highest BCUT2D eigenvalue weighted by atomic mass is 32.2. The molecular formula is C36H36N2O6S. The second-order valence-electron chi connectivity index (χ2n) is 12.7. The minimum Gasteiger partial charge on any atom is -0.493 e. The summed E-state index contributed by atoms with van der Waals surface area (Å²) in [4.78, 5) is 31.8. The Morgan fingerprint density at radius 1 is 1.09 bits per heavy atom. The van der Waals surface area contributed by atoms with Gasteiger partial charge in [0.05, 0.1) is 34.7 Å². The highest BCUT2D eigenvalue weighted by molar-refractivity contribution is 7.90. The lowest BCUT2D eigenvalue weighted by atomic mass is 9.85. The number of fused-ring (bicyclic) bond motifs is 1. The van der Waals surface area contributed by atoms with E-state index in [1.54, 1.807) is 41.1 Å². The lowest BCUT2D eigenvalue weighted by Crippen LogP contribution is -2.27. The first-order chi connectivity index (χ1) is 21.2. The number of hydrogen-bond acceptors (Lipinski definition) is 7. The van der Waals surface area contributed by atoms with Crippen LogP contribution in [0.3, 0.4) is 0 Å². The fraction of sp³-hybridized carbons (Fsp3) is 0.306. The van der Waals surface area contributed by atoms with Crippen LogP contribution in [-0.2, 0) is 32.3 Å². The number of benzene rings is 3. The van der Waals surface area contributed by atoms with Gasteiger partial charge in [0.2, 0.25) is 0 Å². The average Bonchev–Trinajstić information content (AvgIpc) is 2.97. The number of Topliss-reactive ketones (excluding diaryl/α,β-unsaturated/α-hetero) is 1. The van der Waals surface area contributed by atoms with Crippen molar-refractivity contribution in [2.24, 2.45) is 0 Å². The molecule has 0 amide bonds. The minimum absolute atomic E-state index is 0.140. The molecule has 8 nitrogen and oxygen atoms in total. The molecule has 0 fully saturated rings. The Bertz CT molecular complexity index is 2170. The number of rotatable bonds is 7. The van der Waals surface area contributed by atoms with Crippen molar-refractivity contribution in [3.8, 4) is 16.9 Å². The van der Waals surface area contributed by atoms with E-state index in [-0.39, 0.29) is 22.8 Å². The fourth-order valence-corrected chi connectivity index (χ4v) is 6.93. The van der Waals surface area contributed by atoms with Gasteiger partial charge in [-0.05, 0) is 105 Å². The summed E-state index contributed by atoms with van der Waals surface area (Å²) < 4.78 is 38.6. The van der Waals surface area contributed by atoms with Gasteiger partial charge in [-0.25, -0.2) is 8.42 Å². The van der Waals surface area contributed by atoms with Crippen molar-refractivity contribution < 1.29 is 22.7 Å². The third-order valence-corrected chi connectivity index (χ3v) is 9.26. The molecule has 0 N–H and O–H groups in total. The van der Waals surface area contributed by atoms with Crippen LogP contribution in [0.5, 0.6) is 5.75 Å². The van der Waals surface area contributed by atoms with Gasteiger partial charge in [-0.15, -0.1) is 0 Å². The van der Waals surface area contributed by atoms with Crippen LogP contribution in [0.25, 0.3) is 32.9 Å². The van der Waals surface area contributed by atoms with Gasteiger partial charge in [0.15, 0.2) is 15.6 Å². The zero-order valence-electron chi connectivity index (χ0n) is 26.3. The molecule has 5 aromatic rings. The smallest absolute Gasteiger partial charge is 0.251 e. The van der Waals surface area contributed by atoms with Crippen molar-refractivity contribution in [3.63, 3.8) is 0 Å². The highest BCUT2D eigenvalue weighted by Crippen LogP contribution is 2.45. The third kappa shape index (κ3) is 5.78. The number of pyridine rings is 2. The summed E-state index contributed by atoms with van der Waals surface area (Å²) in [6.45, 7) is 9.95. The van der Waals surface area contributed by atoms with Gasteiger partial charge in [-0.3, -0.25) is 14.6 Å². The van der Waals surface area contributed by atoms with Crippen molar-refractivity contribution in [3.05, 3.63) is 99.5 Å². The largest absolute Gasteiger partial charge is 0.493 e. The number of carbonyl (C=O) groups excluding carboxylic acids is 1. The molecule has 1 aliphatic heterocycles. The number of aromatic nitrogens is 2. The highest BCUT2D eigenvalue weighted by Gasteiger charge is 2.31. The summed E-state index contributed by atoms with van der Waals surface area (Å²) in [5, 5.41) is 1.68. The van der Waals surface area contributed by atoms with Gasteiger partial charge in [-0.1, -0.05) is 12.1 Å². The first-order valence-electron chi connectivity index (χ1n) is 14.9. The van der Waals surface area contributed by atoms with Crippen molar-refractivity contribution in [1.29, 1.82) is 0 Å². The zero-order chi connectivity index (χ0) is 32.3. The molecule has 0 saturated heterocycles. The van der Waals surface area contributed by atoms with Crippen LogP contribution in [0.1, 0.15) is 56.1 Å². The Hall–Kier alpha value is -4.34. The molecule has 0 spiro atoms. The molecule has 45 heavy (non-hydrogen) atoms. The molecule has 0 bridgehead atoms. The number of aryl methyl sites for hydroxylation is 1.